The largest absolute Gasteiger partial charge is 0.354 e. The van der Waals surface area contributed by atoms with Crippen molar-refractivity contribution in [2.45, 2.75) is 59.5 Å². The second kappa shape index (κ2) is 9.72. The van der Waals surface area contributed by atoms with E-state index in [1.807, 2.05) is 55.1 Å². The highest BCUT2D eigenvalue weighted by Crippen LogP contribution is 2.22. The molecule has 2 atom stereocenters. The Morgan fingerprint density at radius 3 is 2.28 bits per heavy atom. The van der Waals surface area contributed by atoms with Gasteiger partial charge in [-0.3, -0.25) is 14.3 Å². The van der Waals surface area contributed by atoms with Crippen LogP contribution in [0, 0.1) is 11.8 Å². The van der Waals surface area contributed by atoms with E-state index in [1.54, 1.807) is 6.20 Å². The van der Waals surface area contributed by atoms with E-state index in [0.717, 1.165) is 6.54 Å². The molecule has 2 amide bonds. The Labute approximate surface area is 174 Å². The van der Waals surface area contributed by atoms with Crippen molar-refractivity contribution >= 4 is 11.8 Å². The normalized spacial score (nSPS) is 13.8. The average molecular weight is 399 g/mol. The summed E-state index contributed by atoms with van der Waals surface area (Å²) in [5.41, 5.74) is 1.75. The molecule has 1 aromatic heterocycles. The fraction of sp³-hybridized carbons (Fsp3) is 0.522. The van der Waals surface area contributed by atoms with Crippen molar-refractivity contribution in [2.24, 2.45) is 11.8 Å². The minimum atomic E-state index is -0.582. The topological polar surface area (TPSA) is 76.0 Å². The Kier molecular flexibility index (Phi) is 7.59. The van der Waals surface area contributed by atoms with Crippen LogP contribution in [0.15, 0.2) is 42.7 Å². The van der Waals surface area contributed by atoms with Gasteiger partial charge in [-0.1, -0.05) is 53.7 Å². The first kappa shape index (κ1) is 22.7. The molecule has 158 valence electrons. The van der Waals surface area contributed by atoms with E-state index < -0.39 is 6.04 Å². The smallest absolute Gasteiger partial charge is 0.251 e. The van der Waals surface area contributed by atoms with Gasteiger partial charge in [0.2, 0.25) is 5.91 Å². The Morgan fingerprint density at radius 1 is 1.10 bits per heavy atom. The van der Waals surface area contributed by atoms with Crippen LogP contribution in [0.1, 0.15) is 57.5 Å². The molecule has 29 heavy (non-hydrogen) atoms. The molecule has 0 bridgehead atoms. The Morgan fingerprint density at radius 2 is 1.76 bits per heavy atom. The highest BCUT2D eigenvalue weighted by molar-refractivity contribution is 5.97. The molecule has 2 N–H and O–H groups in total. The van der Waals surface area contributed by atoms with Gasteiger partial charge in [-0.05, 0) is 41.0 Å². The molecule has 6 nitrogen and oxygen atoms in total. The number of nitrogens with one attached hydrogen (secondary N) is 2. The summed E-state index contributed by atoms with van der Waals surface area (Å²) in [6.45, 7) is 13.6. The van der Waals surface area contributed by atoms with Crippen LogP contribution in [0.25, 0.3) is 0 Å². The molecule has 1 heterocycles. The quantitative estimate of drug-likeness (QED) is 0.716. The van der Waals surface area contributed by atoms with Crippen LogP contribution in [0.3, 0.4) is 0 Å². The van der Waals surface area contributed by atoms with E-state index >= 15 is 0 Å². The summed E-state index contributed by atoms with van der Waals surface area (Å²) >= 11 is 0. The monoisotopic (exact) mass is 398 g/mol. The van der Waals surface area contributed by atoms with Crippen LogP contribution in [0.4, 0.5) is 0 Å². The Balaban J connectivity index is 1.94. The molecule has 0 fully saturated rings. The highest BCUT2D eigenvalue weighted by atomic mass is 16.2. The number of benzene rings is 1. The molecule has 0 saturated carbocycles. The Bertz CT molecular complexity index is 789. The summed E-state index contributed by atoms with van der Waals surface area (Å²) in [7, 11) is 0. The van der Waals surface area contributed by atoms with Crippen molar-refractivity contribution in [3.05, 3.63) is 53.9 Å². The molecule has 0 aliphatic rings. The maximum Gasteiger partial charge on any atom is 0.251 e. The molecule has 2 aromatic rings. The van der Waals surface area contributed by atoms with Crippen LogP contribution < -0.4 is 10.6 Å². The molecule has 0 saturated heterocycles. The number of aromatic nitrogens is 2. The van der Waals surface area contributed by atoms with Crippen molar-refractivity contribution in [3.8, 4) is 0 Å². The number of hydrogen-bond acceptors (Lipinski definition) is 3. The predicted octanol–water partition coefficient (Wildman–Crippen LogP) is 3.39. The van der Waals surface area contributed by atoms with Crippen LogP contribution in [0.2, 0.25) is 0 Å². The van der Waals surface area contributed by atoms with Crippen molar-refractivity contribution in [2.75, 3.05) is 6.54 Å². The van der Waals surface area contributed by atoms with Crippen molar-refractivity contribution < 1.29 is 9.59 Å². The number of amides is 2. The third-order valence-corrected chi connectivity index (χ3v) is 4.93. The summed E-state index contributed by atoms with van der Waals surface area (Å²) in [4.78, 5) is 25.4. The van der Waals surface area contributed by atoms with Gasteiger partial charge in [0.05, 0.1) is 0 Å². The van der Waals surface area contributed by atoms with Gasteiger partial charge < -0.3 is 10.6 Å². The van der Waals surface area contributed by atoms with Crippen LogP contribution >= 0.6 is 0 Å². The first-order valence-electron chi connectivity index (χ1n) is 10.2. The fourth-order valence-electron chi connectivity index (χ4n) is 3.06. The first-order chi connectivity index (χ1) is 13.6. The summed E-state index contributed by atoms with van der Waals surface area (Å²) in [6.07, 6.45) is 3.64. The van der Waals surface area contributed by atoms with Gasteiger partial charge in [0, 0.05) is 31.0 Å². The molecule has 0 spiro atoms. The van der Waals surface area contributed by atoms with Gasteiger partial charge in [-0.2, -0.15) is 5.10 Å². The van der Waals surface area contributed by atoms with E-state index in [0.29, 0.717) is 12.1 Å². The number of carbonyl (C=O) groups is 2. The van der Waals surface area contributed by atoms with Gasteiger partial charge >= 0.3 is 0 Å². The third kappa shape index (κ3) is 6.73. The molecule has 6 heteroatoms. The van der Waals surface area contributed by atoms with Crippen LogP contribution in [-0.4, -0.2) is 34.2 Å². The number of nitrogens with zero attached hydrogens (tertiary/aromatic N) is 2. The Hall–Kier alpha value is -2.63. The molecule has 0 aliphatic heterocycles. The minimum absolute atomic E-state index is 0.0192. The van der Waals surface area contributed by atoms with Crippen molar-refractivity contribution in [3.63, 3.8) is 0 Å². The zero-order valence-corrected chi connectivity index (χ0v) is 18.4. The molecule has 2 unspecified atom stereocenters. The standard InChI is InChI=1S/C23H34N4O2/c1-16(2)20(22(29)24-14-17(3)15-27-13-7-12-25-27)26-21(28)18-8-10-19(11-9-18)23(4,5)6/h7-13,16-17,20H,14-15H2,1-6H3,(H,24,29)(H,26,28). The van der Waals surface area contributed by atoms with Gasteiger partial charge in [-0.15, -0.1) is 0 Å². The van der Waals surface area contributed by atoms with Gasteiger partial charge in [0.15, 0.2) is 0 Å². The van der Waals surface area contributed by atoms with E-state index in [4.69, 9.17) is 0 Å². The maximum atomic E-state index is 12.7. The number of carbonyl (C=O) groups excluding carboxylic acids is 2. The lowest BCUT2D eigenvalue weighted by Crippen LogP contribution is -2.50. The summed E-state index contributed by atoms with van der Waals surface area (Å²) in [5.74, 6) is -0.183. The highest BCUT2D eigenvalue weighted by Gasteiger charge is 2.25. The van der Waals surface area contributed by atoms with Gasteiger partial charge in [0.1, 0.15) is 6.04 Å². The lowest BCUT2D eigenvalue weighted by molar-refractivity contribution is -0.124. The zero-order chi connectivity index (χ0) is 21.6. The lowest BCUT2D eigenvalue weighted by Gasteiger charge is -2.23. The summed E-state index contributed by atoms with van der Waals surface area (Å²) < 4.78 is 1.85. The molecule has 2 rings (SSSR count). The predicted molar refractivity (Wildman–Crippen MR) is 116 cm³/mol. The third-order valence-electron chi connectivity index (χ3n) is 4.93. The number of rotatable bonds is 8. The second-order valence-electron chi connectivity index (χ2n) is 9.10. The van der Waals surface area contributed by atoms with Gasteiger partial charge in [0.25, 0.3) is 5.91 Å². The van der Waals surface area contributed by atoms with E-state index in [-0.39, 0.29) is 29.1 Å². The molecule has 0 radical (unpaired) electrons. The molecule has 1 aromatic carbocycles. The summed E-state index contributed by atoms with van der Waals surface area (Å²) in [6, 6.07) is 8.87. The number of hydrogen-bond donors (Lipinski definition) is 2. The second-order valence-corrected chi connectivity index (χ2v) is 9.10. The molecular formula is C23H34N4O2. The van der Waals surface area contributed by atoms with E-state index in [1.165, 1.54) is 5.56 Å². The van der Waals surface area contributed by atoms with Gasteiger partial charge in [-0.25, -0.2) is 0 Å². The lowest BCUT2D eigenvalue weighted by atomic mass is 9.86. The fourth-order valence-corrected chi connectivity index (χ4v) is 3.06. The van der Waals surface area contributed by atoms with Crippen molar-refractivity contribution in [1.29, 1.82) is 0 Å². The SMILES string of the molecule is CC(CNC(=O)C(NC(=O)c1ccc(C(C)(C)C)cc1)C(C)C)Cn1cccn1. The first-order valence-corrected chi connectivity index (χ1v) is 10.2. The maximum absolute atomic E-state index is 12.7. The summed E-state index contributed by atoms with van der Waals surface area (Å²) in [5, 5.41) is 10.0. The van der Waals surface area contributed by atoms with Crippen LogP contribution in [0.5, 0.6) is 0 Å². The molecular weight excluding hydrogens is 364 g/mol. The molecule has 0 aliphatic carbocycles. The zero-order valence-electron chi connectivity index (χ0n) is 18.4. The van der Waals surface area contributed by atoms with Crippen molar-refractivity contribution in [1.82, 2.24) is 20.4 Å². The van der Waals surface area contributed by atoms with E-state index in [2.05, 4.69) is 43.4 Å². The average Bonchev–Trinajstić information content (AvgIpc) is 3.16. The van der Waals surface area contributed by atoms with Crippen LogP contribution in [-0.2, 0) is 16.8 Å². The minimum Gasteiger partial charge on any atom is -0.354 e. The van der Waals surface area contributed by atoms with E-state index in [9.17, 15) is 9.59 Å².